The van der Waals surface area contributed by atoms with E-state index in [0.717, 1.165) is 0 Å². The molecule has 0 aromatic rings. The highest BCUT2D eigenvalue weighted by atomic mass is 19.4. The van der Waals surface area contributed by atoms with Crippen LogP contribution in [-0.2, 0) is 4.79 Å². The van der Waals surface area contributed by atoms with Crippen LogP contribution in [0.4, 0.5) is 30.7 Å². The first-order chi connectivity index (χ1) is 6.83. The van der Waals surface area contributed by atoms with E-state index in [-0.39, 0.29) is 0 Å². The third kappa shape index (κ3) is 2.74. The Kier molecular flexibility index (Phi) is 3.80. The summed E-state index contributed by atoms with van der Waals surface area (Å²) < 4.78 is 84.1. The molecule has 96 valence electrons. The van der Waals surface area contributed by atoms with E-state index in [1.165, 1.54) is 0 Å². The number of hydrogen-bond donors (Lipinski definition) is 2. The average molecular weight is 257 g/mol. The van der Waals surface area contributed by atoms with E-state index < -0.39 is 36.5 Å². The van der Waals surface area contributed by atoms with Crippen molar-refractivity contribution in [1.29, 1.82) is 0 Å². The summed E-state index contributed by atoms with van der Waals surface area (Å²) in [6, 6.07) is -2.60. The van der Waals surface area contributed by atoms with E-state index in [9.17, 15) is 35.5 Å². The van der Waals surface area contributed by atoms with E-state index >= 15 is 0 Å². The zero-order valence-corrected chi connectivity index (χ0v) is 7.36. The number of alkyl halides is 7. The van der Waals surface area contributed by atoms with E-state index in [1.807, 2.05) is 0 Å². The second-order valence-corrected chi connectivity index (χ2v) is 2.95. The molecule has 1 atom stereocenters. The normalized spacial score (nSPS) is 16.0. The van der Waals surface area contributed by atoms with Gasteiger partial charge in [0.2, 0.25) is 0 Å². The van der Waals surface area contributed by atoms with Gasteiger partial charge in [-0.15, -0.1) is 0 Å². The fourth-order valence-corrected chi connectivity index (χ4v) is 0.783. The molecular formula is C6H6F7NO2. The molecule has 0 saturated heterocycles. The SMILES string of the molecule is N[C@@H](CC(F)(C(F)(F)F)C(F)(F)F)C(=O)O. The second kappa shape index (κ2) is 4.07. The second-order valence-electron chi connectivity index (χ2n) is 2.95. The first-order valence-corrected chi connectivity index (χ1v) is 3.63. The van der Waals surface area contributed by atoms with Gasteiger partial charge < -0.3 is 10.8 Å². The molecule has 0 bridgehead atoms. The van der Waals surface area contributed by atoms with Crippen molar-refractivity contribution in [2.75, 3.05) is 0 Å². The monoisotopic (exact) mass is 257 g/mol. The Bertz CT molecular complexity index is 257. The summed E-state index contributed by atoms with van der Waals surface area (Å²) in [6.07, 6.45) is -15.0. The quantitative estimate of drug-likeness (QED) is 0.755. The van der Waals surface area contributed by atoms with Crippen molar-refractivity contribution in [3.05, 3.63) is 0 Å². The molecule has 0 aliphatic heterocycles. The van der Waals surface area contributed by atoms with Crippen LogP contribution in [0, 0.1) is 0 Å². The Morgan fingerprint density at radius 2 is 1.38 bits per heavy atom. The molecule has 3 nitrogen and oxygen atoms in total. The number of halogens is 7. The van der Waals surface area contributed by atoms with Crippen LogP contribution in [0.3, 0.4) is 0 Å². The maximum atomic E-state index is 12.8. The van der Waals surface area contributed by atoms with Gasteiger partial charge in [-0.3, -0.25) is 4.79 Å². The maximum absolute atomic E-state index is 12.8. The molecule has 0 aromatic carbocycles. The minimum absolute atomic E-state index is 2.16. The van der Waals surface area contributed by atoms with Crippen molar-refractivity contribution in [2.45, 2.75) is 30.5 Å². The van der Waals surface area contributed by atoms with Crippen molar-refractivity contribution in [3.8, 4) is 0 Å². The smallest absolute Gasteiger partial charge is 0.431 e. The average Bonchev–Trinajstić information content (AvgIpc) is 1.99. The molecule has 0 saturated carbocycles. The molecule has 16 heavy (non-hydrogen) atoms. The molecule has 3 N–H and O–H groups in total. The Hall–Kier alpha value is -1.06. The number of rotatable bonds is 3. The van der Waals surface area contributed by atoms with Crippen LogP contribution in [0.2, 0.25) is 0 Å². The minimum Gasteiger partial charge on any atom is -0.480 e. The zero-order valence-electron chi connectivity index (χ0n) is 7.36. The number of carbonyl (C=O) groups is 1. The number of carboxylic acid groups (broad SMARTS) is 1. The fourth-order valence-electron chi connectivity index (χ4n) is 0.783. The summed E-state index contributed by atoms with van der Waals surface area (Å²) in [5, 5.41) is 8.05. The van der Waals surface area contributed by atoms with Crippen molar-refractivity contribution in [3.63, 3.8) is 0 Å². The van der Waals surface area contributed by atoms with Gasteiger partial charge in [0.15, 0.2) is 0 Å². The Labute approximate surface area is 84.0 Å². The van der Waals surface area contributed by atoms with Crippen LogP contribution in [0.1, 0.15) is 6.42 Å². The van der Waals surface area contributed by atoms with Gasteiger partial charge in [-0.05, 0) is 0 Å². The van der Waals surface area contributed by atoms with Crippen molar-refractivity contribution in [2.24, 2.45) is 5.73 Å². The predicted octanol–water partition coefficient (Wildman–Crippen LogP) is 1.62. The van der Waals surface area contributed by atoms with Gasteiger partial charge in [0.1, 0.15) is 6.04 Å². The molecule has 10 heteroatoms. The minimum atomic E-state index is -6.28. The van der Waals surface area contributed by atoms with Crippen LogP contribution in [0.15, 0.2) is 0 Å². The molecule has 0 aliphatic carbocycles. The highest BCUT2D eigenvalue weighted by molar-refractivity contribution is 5.73. The highest BCUT2D eigenvalue weighted by Gasteiger charge is 2.72. The third-order valence-corrected chi connectivity index (χ3v) is 1.72. The molecule has 0 unspecified atom stereocenters. The van der Waals surface area contributed by atoms with Gasteiger partial charge in [0.05, 0.1) is 0 Å². The van der Waals surface area contributed by atoms with Gasteiger partial charge in [-0.1, -0.05) is 0 Å². The molecule has 0 heterocycles. The molecular weight excluding hydrogens is 251 g/mol. The number of aliphatic carboxylic acids is 1. The molecule has 0 radical (unpaired) electrons. The van der Waals surface area contributed by atoms with Gasteiger partial charge in [-0.25, -0.2) is 4.39 Å². The molecule has 0 amide bonds. The van der Waals surface area contributed by atoms with Gasteiger partial charge in [-0.2, -0.15) is 26.3 Å². The third-order valence-electron chi connectivity index (χ3n) is 1.72. The first kappa shape index (κ1) is 14.9. The predicted molar refractivity (Wildman–Crippen MR) is 36.2 cm³/mol. The van der Waals surface area contributed by atoms with E-state index in [1.54, 1.807) is 0 Å². The lowest BCUT2D eigenvalue weighted by atomic mass is 9.95. The fraction of sp³-hybridized carbons (Fsp3) is 0.833. The summed E-state index contributed by atoms with van der Waals surface area (Å²) in [7, 11) is 0. The zero-order chi connectivity index (χ0) is 13.4. The van der Waals surface area contributed by atoms with Gasteiger partial charge in [0, 0.05) is 6.42 Å². The largest absolute Gasteiger partial charge is 0.480 e. The summed E-state index contributed by atoms with van der Waals surface area (Å²) in [5.74, 6) is -2.16. The number of hydrogen-bond acceptors (Lipinski definition) is 2. The van der Waals surface area contributed by atoms with Crippen molar-refractivity contribution >= 4 is 5.97 Å². The van der Waals surface area contributed by atoms with Crippen LogP contribution in [0.25, 0.3) is 0 Å². The highest BCUT2D eigenvalue weighted by Crippen LogP contribution is 2.48. The van der Waals surface area contributed by atoms with Crippen LogP contribution in [0.5, 0.6) is 0 Å². The maximum Gasteiger partial charge on any atom is 0.431 e. The van der Waals surface area contributed by atoms with Crippen LogP contribution >= 0.6 is 0 Å². The Balaban J connectivity index is 5.21. The number of nitrogens with two attached hydrogens (primary N) is 1. The molecule has 0 aromatic heterocycles. The summed E-state index contributed by atoms with van der Waals surface area (Å²) in [6.45, 7) is 0. The topological polar surface area (TPSA) is 63.3 Å². The van der Waals surface area contributed by atoms with Crippen molar-refractivity contribution in [1.82, 2.24) is 0 Å². The lowest BCUT2D eigenvalue weighted by molar-refractivity contribution is -0.343. The van der Waals surface area contributed by atoms with E-state index in [2.05, 4.69) is 5.73 Å². The lowest BCUT2D eigenvalue weighted by Gasteiger charge is -2.30. The molecule has 0 aliphatic rings. The number of carboxylic acids is 1. The summed E-state index contributed by atoms with van der Waals surface area (Å²) in [5.41, 5.74) is -1.17. The van der Waals surface area contributed by atoms with E-state index in [4.69, 9.17) is 5.11 Å². The van der Waals surface area contributed by atoms with E-state index in [0.29, 0.717) is 0 Å². The standard InChI is InChI=1S/C6H6F7NO2/c7-4(5(8,9)10,6(11,12)13)1-2(14)3(15)16/h2H,1,14H2,(H,15,16)/t2-/m0/s1. The van der Waals surface area contributed by atoms with Gasteiger partial charge >= 0.3 is 24.0 Å². The van der Waals surface area contributed by atoms with Crippen LogP contribution < -0.4 is 5.73 Å². The molecule has 0 rings (SSSR count). The van der Waals surface area contributed by atoms with Crippen molar-refractivity contribution < 1.29 is 40.6 Å². The molecule has 0 fully saturated rings. The Morgan fingerprint density at radius 1 is 1.06 bits per heavy atom. The van der Waals surface area contributed by atoms with Gasteiger partial charge in [0.25, 0.3) is 0 Å². The summed E-state index contributed by atoms with van der Waals surface area (Å²) in [4.78, 5) is 10.0. The summed E-state index contributed by atoms with van der Waals surface area (Å²) >= 11 is 0. The van der Waals surface area contributed by atoms with Crippen LogP contribution in [-0.4, -0.2) is 35.1 Å². The lowest BCUT2D eigenvalue weighted by Crippen LogP contribution is -2.57. The molecule has 0 spiro atoms. The first-order valence-electron chi connectivity index (χ1n) is 3.63. The Morgan fingerprint density at radius 3 is 1.56 bits per heavy atom.